The van der Waals surface area contributed by atoms with Gasteiger partial charge in [0.25, 0.3) is 0 Å². The van der Waals surface area contributed by atoms with E-state index in [0.717, 1.165) is 11.1 Å². The van der Waals surface area contributed by atoms with E-state index in [1.807, 2.05) is 42.5 Å². The van der Waals surface area contributed by atoms with E-state index in [0.29, 0.717) is 5.75 Å². The summed E-state index contributed by atoms with van der Waals surface area (Å²) in [7, 11) is 1.58. The van der Waals surface area contributed by atoms with Crippen molar-refractivity contribution in [1.29, 1.82) is 0 Å². The second kappa shape index (κ2) is 10.1. The summed E-state index contributed by atoms with van der Waals surface area (Å²) in [6.45, 7) is 5.66. The molecule has 0 radical (unpaired) electrons. The van der Waals surface area contributed by atoms with Crippen LogP contribution in [0.5, 0.6) is 5.75 Å². The van der Waals surface area contributed by atoms with Crippen molar-refractivity contribution in [1.82, 2.24) is 4.90 Å². The van der Waals surface area contributed by atoms with Crippen LogP contribution in [0.4, 0.5) is 0 Å². The second-order valence-corrected chi connectivity index (χ2v) is 8.30. The van der Waals surface area contributed by atoms with Gasteiger partial charge in [0.05, 0.1) is 32.2 Å². The van der Waals surface area contributed by atoms with Gasteiger partial charge in [-0.05, 0) is 44.0 Å². The number of carbonyl (C=O) groups is 3. The lowest BCUT2D eigenvalue weighted by molar-refractivity contribution is -0.212. The van der Waals surface area contributed by atoms with Crippen LogP contribution in [0, 0.1) is 5.41 Å². The normalized spacial score (nSPS) is 21.8. The molecule has 0 unspecified atom stereocenters. The number of ether oxygens (including phenoxy) is 3. The standard InChI is InChI=1S/C26H31NO6/c1-5-32-22(28)17-25(3)23(29)27(18-20-12-14-21(31-4)15-13-20)26(25,24(30)33-6-2)16-19-10-8-7-9-11-19/h7-15H,5-6,16-18H2,1-4H3/t25-,26-/m1/s1. The van der Waals surface area contributed by atoms with Gasteiger partial charge in [-0.25, -0.2) is 4.79 Å². The molecule has 176 valence electrons. The van der Waals surface area contributed by atoms with Crippen molar-refractivity contribution in [3.05, 3.63) is 65.7 Å². The third-order valence-corrected chi connectivity index (χ3v) is 6.31. The minimum atomic E-state index is -1.35. The van der Waals surface area contributed by atoms with Crippen molar-refractivity contribution >= 4 is 17.8 Å². The predicted molar refractivity (Wildman–Crippen MR) is 122 cm³/mol. The fourth-order valence-corrected chi connectivity index (χ4v) is 4.58. The monoisotopic (exact) mass is 453 g/mol. The van der Waals surface area contributed by atoms with Crippen LogP contribution in [0.2, 0.25) is 0 Å². The van der Waals surface area contributed by atoms with E-state index >= 15 is 0 Å². The molecule has 2 aromatic carbocycles. The predicted octanol–water partition coefficient (Wildman–Crippen LogP) is 3.54. The number of rotatable bonds is 10. The Bertz CT molecular complexity index is 990. The highest BCUT2D eigenvalue weighted by Crippen LogP contribution is 2.54. The molecule has 0 saturated carbocycles. The van der Waals surface area contributed by atoms with E-state index in [1.54, 1.807) is 44.9 Å². The Morgan fingerprint density at radius 2 is 1.55 bits per heavy atom. The first kappa shape index (κ1) is 24.3. The van der Waals surface area contributed by atoms with Gasteiger partial charge in [-0.1, -0.05) is 42.5 Å². The van der Waals surface area contributed by atoms with E-state index in [2.05, 4.69) is 0 Å². The number of methoxy groups -OCH3 is 1. The second-order valence-electron chi connectivity index (χ2n) is 8.30. The van der Waals surface area contributed by atoms with Crippen LogP contribution in [0.3, 0.4) is 0 Å². The van der Waals surface area contributed by atoms with E-state index in [-0.39, 0.29) is 38.5 Å². The van der Waals surface area contributed by atoms with Crippen molar-refractivity contribution in [3.63, 3.8) is 0 Å². The third kappa shape index (κ3) is 4.45. The minimum Gasteiger partial charge on any atom is -0.497 e. The quantitative estimate of drug-likeness (QED) is 0.404. The van der Waals surface area contributed by atoms with Gasteiger partial charge in [-0.2, -0.15) is 0 Å². The first-order valence-corrected chi connectivity index (χ1v) is 11.1. The molecule has 1 fully saturated rings. The van der Waals surface area contributed by atoms with Gasteiger partial charge in [0.2, 0.25) is 5.91 Å². The number of carbonyl (C=O) groups excluding carboxylic acids is 3. The lowest BCUT2D eigenvalue weighted by Crippen LogP contribution is -2.81. The number of benzene rings is 2. The van der Waals surface area contributed by atoms with Crippen molar-refractivity contribution < 1.29 is 28.6 Å². The molecule has 0 aliphatic carbocycles. The number of likely N-dealkylation sites (tertiary alicyclic amines) is 1. The number of hydrogen-bond donors (Lipinski definition) is 0. The molecule has 1 saturated heterocycles. The molecule has 1 amide bonds. The molecule has 0 bridgehead atoms. The number of esters is 2. The van der Waals surface area contributed by atoms with E-state index in [9.17, 15) is 14.4 Å². The average Bonchev–Trinajstić information content (AvgIpc) is 2.82. The molecule has 0 N–H and O–H groups in total. The minimum absolute atomic E-state index is 0.162. The molecule has 3 rings (SSSR count). The highest BCUT2D eigenvalue weighted by Gasteiger charge is 2.73. The van der Waals surface area contributed by atoms with Crippen molar-refractivity contribution in [3.8, 4) is 5.75 Å². The number of hydrogen-bond acceptors (Lipinski definition) is 6. The van der Waals surface area contributed by atoms with Crippen LogP contribution in [-0.4, -0.2) is 48.6 Å². The molecule has 1 aliphatic rings. The Morgan fingerprint density at radius 1 is 0.909 bits per heavy atom. The van der Waals surface area contributed by atoms with E-state index in [4.69, 9.17) is 14.2 Å². The maximum absolute atomic E-state index is 13.6. The summed E-state index contributed by atoms with van der Waals surface area (Å²) in [4.78, 5) is 41.2. The smallest absolute Gasteiger partial charge is 0.333 e. The third-order valence-electron chi connectivity index (χ3n) is 6.31. The van der Waals surface area contributed by atoms with Gasteiger partial charge in [0.1, 0.15) is 5.75 Å². The van der Waals surface area contributed by atoms with Gasteiger partial charge >= 0.3 is 11.9 Å². The van der Waals surface area contributed by atoms with Crippen molar-refractivity contribution in [2.24, 2.45) is 5.41 Å². The number of nitrogens with zero attached hydrogens (tertiary/aromatic N) is 1. The Hall–Kier alpha value is -3.35. The summed E-state index contributed by atoms with van der Waals surface area (Å²) in [5.41, 5.74) is -0.945. The topological polar surface area (TPSA) is 82.1 Å². The van der Waals surface area contributed by atoms with Crippen LogP contribution < -0.4 is 4.74 Å². The maximum atomic E-state index is 13.6. The Kier molecular flexibility index (Phi) is 7.41. The number of β-lactam (4-membered cyclic amide) rings is 1. The molecule has 0 aromatic heterocycles. The summed E-state index contributed by atoms with van der Waals surface area (Å²) in [6, 6.07) is 16.8. The lowest BCUT2D eigenvalue weighted by Gasteiger charge is -2.61. The summed E-state index contributed by atoms with van der Waals surface area (Å²) in [6.07, 6.45) is 0.0227. The van der Waals surface area contributed by atoms with Crippen LogP contribution in [0.25, 0.3) is 0 Å². The van der Waals surface area contributed by atoms with Gasteiger partial charge in [-0.15, -0.1) is 0 Å². The molecule has 2 atom stereocenters. The summed E-state index contributed by atoms with van der Waals surface area (Å²) in [5.74, 6) is -0.620. The number of amides is 1. The van der Waals surface area contributed by atoms with Gasteiger partial charge < -0.3 is 19.1 Å². The van der Waals surface area contributed by atoms with Crippen molar-refractivity contribution in [2.45, 2.75) is 45.7 Å². The Labute approximate surface area is 194 Å². The zero-order valence-corrected chi connectivity index (χ0v) is 19.6. The summed E-state index contributed by atoms with van der Waals surface area (Å²) < 4.78 is 15.9. The summed E-state index contributed by atoms with van der Waals surface area (Å²) >= 11 is 0. The van der Waals surface area contributed by atoms with Gasteiger partial charge in [0.15, 0.2) is 5.54 Å². The van der Waals surface area contributed by atoms with Crippen LogP contribution in [0.15, 0.2) is 54.6 Å². The molecular formula is C26H31NO6. The molecule has 1 aliphatic heterocycles. The Morgan fingerprint density at radius 3 is 2.12 bits per heavy atom. The van der Waals surface area contributed by atoms with Gasteiger partial charge in [0, 0.05) is 13.0 Å². The molecule has 33 heavy (non-hydrogen) atoms. The fraction of sp³-hybridized carbons (Fsp3) is 0.423. The van der Waals surface area contributed by atoms with Gasteiger partial charge in [-0.3, -0.25) is 9.59 Å². The summed E-state index contributed by atoms with van der Waals surface area (Å²) in [5, 5.41) is 0. The van der Waals surface area contributed by atoms with E-state index in [1.165, 1.54) is 0 Å². The lowest BCUT2D eigenvalue weighted by atomic mass is 9.56. The maximum Gasteiger partial charge on any atom is 0.333 e. The largest absolute Gasteiger partial charge is 0.497 e. The van der Waals surface area contributed by atoms with Crippen molar-refractivity contribution in [2.75, 3.05) is 20.3 Å². The SMILES string of the molecule is CCOC(=O)C[C@]1(C)C(=O)N(Cc2ccc(OC)cc2)[C@]1(Cc1ccccc1)C(=O)OCC. The highest BCUT2D eigenvalue weighted by atomic mass is 16.5. The van der Waals surface area contributed by atoms with E-state index < -0.39 is 22.9 Å². The molecular weight excluding hydrogens is 422 g/mol. The zero-order chi connectivity index (χ0) is 24.1. The highest BCUT2D eigenvalue weighted by molar-refractivity contribution is 6.06. The first-order valence-electron chi connectivity index (χ1n) is 11.1. The zero-order valence-electron chi connectivity index (χ0n) is 19.6. The van der Waals surface area contributed by atoms with Crippen LogP contribution >= 0.6 is 0 Å². The average molecular weight is 454 g/mol. The Balaban J connectivity index is 2.07. The molecule has 7 heteroatoms. The molecule has 1 heterocycles. The van der Waals surface area contributed by atoms with Crippen LogP contribution in [-0.2, 0) is 36.8 Å². The molecule has 0 spiro atoms. The first-order chi connectivity index (χ1) is 15.8. The fourth-order valence-electron chi connectivity index (χ4n) is 4.58. The molecule has 2 aromatic rings. The van der Waals surface area contributed by atoms with Crippen LogP contribution in [0.1, 0.15) is 38.3 Å². The molecule has 7 nitrogen and oxygen atoms in total.